The average molecular weight is 1170 g/mol. The number of hydrogen-bond donors (Lipinski definition) is 16. The lowest BCUT2D eigenvalue weighted by atomic mass is 9.94. The highest BCUT2D eigenvalue weighted by Crippen LogP contribution is 2.32. The van der Waals surface area contributed by atoms with Gasteiger partial charge in [-0.25, -0.2) is 0 Å². The van der Waals surface area contributed by atoms with Crippen LogP contribution in [0.1, 0.15) is 52.4 Å². The smallest absolute Gasteiger partial charge is 0.187 e. The Morgan fingerprint density at radius 3 is 1.25 bits per heavy atom. The van der Waals surface area contributed by atoms with Gasteiger partial charge in [0.2, 0.25) is 0 Å². The summed E-state index contributed by atoms with van der Waals surface area (Å²) < 4.78 is 44.8. The Balaban J connectivity index is 0.000000420. The lowest BCUT2D eigenvalue weighted by molar-refractivity contribution is -0.692. The summed E-state index contributed by atoms with van der Waals surface area (Å²) in [4.78, 5) is -0.0888. The van der Waals surface area contributed by atoms with Gasteiger partial charge in [0.05, 0.1) is 45.1 Å². The van der Waals surface area contributed by atoms with E-state index in [0.29, 0.717) is 58.5 Å². The van der Waals surface area contributed by atoms with Crippen LogP contribution < -0.4 is 32.7 Å². The molecule has 18 N–H and O–H groups in total. The number of ether oxygens (including phenoxy) is 8. The van der Waals surface area contributed by atoms with Gasteiger partial charge >= 0.3 is 0 Å². The lowest BCUT2D eigenvalue weighted by Gasteiger charge is -2.46. The SMILES string of the molecule is COC1[C@@H](CN(CCCNCCCNCCCN)/[N+]([O-])=N/[O-])O[C@H](OC2[C@@H](CO)O[C@H](C)[C@H](O)[C@H]2O)[C@H](O)[C@H]1O.COC1[C@@H](CNCCCN(CCCNCCCN)/[N+]([O-])=N/[O-])O[C@H](OC2[C@@H](CO)O[C@H](C)[C@H](O)[C@H]2O)[C@H](O)[C@H]1O. The summed E-state index contributed by atoms with van der Waals surface area (Å²) in [5.41, 5.74) is 10.9. The van der Waals surface area contributed by atoms with Crippen molar-refractivity contribution in [2.24, 2.45) is 22.0 Å². The van der Waals surface area contributed by atoms with Crippen molar-refractivity contribution in [1.82, 2.24) is 31.3 Å². The summed E-state index contributed by atoms with van der Waals surface area (Å²) in [6.45, 7) is 8.70. The summed E-state index contributed by atoms with van der Waals surface area (Å²) in [7, 11) is 2.64. The average Bonchev–Trinajstić information content (AvgIpc) is 3.45. The molecule has 0 bridgehead atoms. The second-order valence-electron chi connectivity index (χ2n) is 19.9. The van der Waals surface area contributed by atoms with Gasteiger partial charge in [-0.2, -0.15) is 0 Å². The molecule has 34 heteroatoms. The Kier molecular flexibility index (Phi) is 34.6. The van der Waals surface area contributed by atoms with Gasteiger partial charge in [0.1, 0.15) is 104 Å². The van der Waals surface area contributed by atoms with Crippen molar-refractivity contribution in [3.05, 3.63) is 20.8 Å². The molecule has 0 aromatic carbocycles. The van der Waals surface area contributed by atoms with Crippen LogP contribution in [0.15, 0.2) is 10.6 Å². The number of nitrogens with one attached hydrogen (secondary N) is 4. The first-order chi connectivity index (χ1) is 38.4. The molecule has 4 saturated heterocycles. The molecular weight excluding hydrogens is 1070 g/mol. The van der Waals surface area contributed by atoms with E-state index in [4.69, 9.17) is 49.4 Å². The summed E-state index contributed by atoms with van der Waals surface area (Å²) in [5.74, 6) is 0. The predicted molar refractivity (Wildman–Crippen MR) is 279 cm³/mol. The Morgan fingerprint density at radius 1 is 0.475 bits per heavy atom. The van der Waals surface area contributed by atoms with Crippen molar-refractivity contribution in [3.63, 3.8) is 0 Å². The molecule has 4 unspecified atom stereocenters. The van der Waals surface area contributed by atoms with E-state index in [0.717, 1.165) is 50.5 Å². The first-order valence-corrected chi connectivity index (χ1v) is 27.4. The van der Waals surface area contributed by atoms with Gasteiger partial charge in [-0.15, -0.1) is 10.0 Å². The second-order valence-corrected chi connectivity index (χ2v) is 19.9. The topological polar surface area (TPSA) is 506 Å². The molecule has 4 aliphatic heterocycles. The lowest BCUT2D eigenvalue weighted by Crippen LogP contribution is -2.65. The molecule has 0 spiro atoms. The monoisotopic (exact) mass is 1170 g/mol. The Morgan fingerprint density at radius 2 is 0.838 bits per heavy atom. The molecule has 0 radical (unpaired) electrons. The second kappa shape index (κ2) is 38.8. The van der Waals surface area contributed by atoms with Crippen molar-refractivity contribution in [2.75, 3.05) is 119 Å². The largest absolute Gasteiger partial charge is 0.737 e. The Labute approximate surface area is 466 Å². The maximum atomic E-state index is 12.2. The maximum absolute atomic E-state index is 12.2. The number of hydrogen-bond acceptors (Lipinski definition) is 30. The van der Waals surface area contributed by atoms with Crippen LogP contribution in [0, 0.1) is 20.8 Å². The fraction of sp³-hybridized carbons (Fsp3) is 1.00. The molecule has 34 nitrogen and oxygen atoms in total. The fourth-order valence-corrected chi connectivity index (χ4v) is 9.53. The molecule has 4 rings (SSSR count). The highest BCUT2D eigenvalue weighted by atomic mass is 16.7. The quantitative estimate of drug-likeness (QED) is 0.0120. The molecule has 80 heavy (non-hydrogen) atoms. The number of hydrazine groups is 2. The fourth-order valence-electron chi connectivity index (χ4n) is 9.53. The van der Waals surface area contributed by atoms with Crippen LogP contribution in [0.4, 0.5) is 0 Å². The van der Waals surface area contributed by atoms with E-state index in [1.165, 1.54) is 26.2 Å². The zero-order valence-electron chi connectivity index (χ0n) is 46.3. The molecule has 0 amide bonds. The molecule has 0 aromatic rings. The van der Waals surface area contributed by atoms with Gasteiger partial charge in [0.25, 0.3) is 0 Å². The minimum absolute atomic E-state index is 0.0332. The predicted octanol–water partition coefficient (Wildman–Crippen LogP) is -7.36. The minimum Gasteiger partial charge on any atom is -0.737 e. The van der Waals surface area contributed by atoms with Crippen molar-refractivity contribution in [1.29, 1.82) is 0 Å². The number of aliphatic hydroxyl groups excluding tert-OH is 10. The summed E-state index contributed by atoms with van der Waals surface area (Å²) in [6.07, 6.45) is -20.5. The van der Waals surface area contributed by atoms with Gasteiger partial charge in [-0.05, 0) is 122 Å². The van der Waals surface area contributed by atoms with Gasteiger partial charge in [0, 0.05) is 30.7 Å². The van der Waals surface area contributed by atoms with Crippen LogP contribution >= 0.6 is 0 Å². The summed E-state index contributed by atoms with van der Waals surface area (Å²) in [6, 6.07) is 0. The zero-order valence-corrected chi connectivity index (χ0v) is 46.3. The molecule has 0 aromatic heterocycles. The van der Waals surface area contributed by atoms with E-state index < -0.39 is 136 Å². The standard InChI is InChI=1S/2C23H48N6O11/c1-14-17(31)18(32)22(16(13-30)38-14)40-23-20(34)19(33)21(37-2)15(39-23)12-26-9-5-11-28(29(36)27-35)10-4-8-25-7-3-6-24;1-14-17(31)18(32)22(16(13-30)38-14)40-23-20(34)19(33)21(37-2)15(39-23)12-28(29(36)27-35)11-5-10-26-9-4-8-25-7-3-6-24/h2*14-23,25-26,30-35H,3-13,24H2,1-2H3/p-2/b2*29-27-/t2*14-,15-,16-,17+,18-,19-,20-,21?,22?,23-/m11/s1. The molecule has 472 valence electrons. The van der Waals surface area contributed by atoms with Gasteiger partial charge in [0.15, 0.2) is 12.6 Å². The number of methoxy groups -OCH3 is 2. The number of nitrogens with two attached hydrogens (primary N) is 2. The molecule has 20 atom stereocenters. The molecule has 0 saturated carbocycles. The van der Waals surface area contributed by atoms with E-state index in [9.17, 15) is 71.9 Å². The third-order valence-corrected chi connectivity index (χ3v) is 14.1. The molecular formula is C46H94N12O22-2. The molecule has 4 fully saturated rings. The van der Waals surface area contributed by atoms with Crippen molar-refractivity contribution in [3.8, 4) is 0 Å². The molecule has 4 aliphatic rings. The van der Waals surface area contributed by atoms with Crippen LogP contribution in [0.3, 0.4) is 0 Å². The van der Waals surface area contributed by atoms with Crippen LogP contribution in [-0.4, -0.2) is 313 Å². The van der Waals surface area contributed by atoms with Gasteiger partial charge < -0.3 is 143 Å². The van der Waals surface area contributed by atoms with Crippen LogP contribution in [-0.2, 0) is 37.9 Å². The summed E-state index contributed by atoms with van der Waals surface area (Å²) in [5, 5.41) is 169. The normalized spacial score (nSPS) is 35.1. The third kappa shape index (κ3) is 21.9. The van der Waals surface area contributed by atoms with Crippen molar-refractivity contribution >= 4 is 0 Å². The van der Waals surface area contributed by atoms with E-state index >= 15 is 0 Å². The van der Waals surface area contributed by atoms with Crippen LogP contribution in [0.25, 0.3) is 0 Å². The first kappa shape index (κ1) is 71.3. The van der Waals surface area contributed by atoms with Crippen LogP contribution in [0.5, 0.6) is 0 Å². The summed E-state index contributed by atoms with van der Waals surface area (Å²) >= 11 is 0. The van der Waals surface area contributed by atoms with Crippen LogP contribution in [0.2, 0.25) is 0 Å². The number of nitrogens with zero attached hydrogens (tertiary/aromatic N) is 6. The minimum atomic E-state index is -1.65. The van der Waals surface area contributed by atoms with E-state index in [2.05, 4.69) is 31.8 Å². The Hall–Kier alpha value is -2.96. The first-order valence-electron chi connectivity index (χ1n) is 27.4. The third-order valence-electron chi connectivity index (χ3n) is 14.1. The number of aliphatic hydroxyl groups is 10. The maximum Gasteiger partial charge on any atom is 0.187 e. The van der Waals surface area contributed by atoms with E-state index in [1.807, 2.05) is 0 Å². The van der Waals surface area contributed by atoms with Crippen molar-refractivity contribution in [2.45, 2.75) is 175 Å². The highest BCUT2D eigenvalue weighted by Gasteiger charge is 2.52. The van der Waals surface area contributed by atoms with E-state index in [-0.39, 0.29) is 36.1 Å². The van der Waals surface area contributed by atoms with E-state index in [1.54, 1.807) is 6.92 Å². The Bertz CT molecular complexity index is 1690. The van der Waals surface area contributed by atoms with Crippen molar-refractivity contribution < 1.29 is 98.9 Å². The van der Waals surface area contributed by atoms with Gasteiger partial charge in [-0.3, -0.25) is 0 Å². The van der Waals surface area contributed by atoms with Gasteiger partial charge in [-0.1, -0.05) is 0 Å². The molecule has 0 aliphatic carbocycles. The highest BCUT2D eigenvalue weighted by molar-refractivity contribution is 4.97. The molecule has 4 heterocycles. The number of rotatable bonds is 36. The zero-order chi connectivity index (χ0) is 59.3.